The van der Waals surface area contributed by atoms with Gasteiger partial charge in [0.15, 0.2) is 0 Å². The topological polar surface area (TPSA) is 41.6 Å². The summed E-state index contributed by atoms with van der Waals surface area (Å²) >= 11 is 3.40. The van der Waals surface area contributed by atoms with Crippen LogP contribution in [0.1, 0.15) is 28.8 Å². The van der Waals surface area contributed by atoms with Gasteiger partial charge in [-0.15, -0.1) is 0 Å². The highest BCUT2D eigenvalue weighted by Crippen LogP contribution is 2.22. The van der Waals surface area contributed by atoms with Crippen LogP contribution in [0, 0.1) is 0 Å². The molecule has 0 radical (unpaired) electrons. The van der Waals surface area contributed by atoms with Crippen molar-refractivity contribution in [3.8, 4) is 0 Å². The largest absolute Gasteiger partial charge is 0.373 e. The Balaban J connectivity index is 1.49. The molecule has 2 heterocycles. The first-order valence-electron chi connectivity index (χ1n) is 7.55. The summed E-state index contributed by atoms with van der Waals surface area (Å²) in [5, 5.41) is 3.79. The smallest absolute Gasteiger partial charge is 0.251 e. The third kappa shape index (κ3) is 3.65. The number of hydrogen-bond donors (Lipinski definition) is 1. The molecule has 0 aliphatic carbocycles. The van der Waals surface area contributed by atoms with Crippen LogP contribution in [0.3, 0.4) is 0 Å². The molecule has 0 bridgehead atoms. The molecule has 4 nitrogen and oxygen atoms in total. The number of fused-ring (bicyclic) bond motifs is 1. The quantitative estimate of drug-likeness (QED) is 0.844. The van der Waals surface area contributed by atoms with Gasteiger partial charge in [-0.1, -0.05) is 28.1 Å². The minimum absolute atomic E-state index is 0.0248. The number of carbonyl (C=O) groups is 1. The minimum atomic E-state index is -0.0248. The Hall–Kier alpha value is -0.910. The Morgan fingerprint density at radius 1 is 1.38 bits per heavy atom. The van der Waals surface area contributed by atoms with E-state index in [1.165, 1.54) is 24.9 Å². The SMILES string of the molecule is O=C(NCC1CN2CCCC2CO1)c1ccc(CBr)cc1. The summed E-state index contributed by atoms with van der Waals surface area (Å²) in [6.45, 7) is 3.50. The van der Waals surface area contributed by atoms with Gasteiger partial charge in [-0.2, -0.15) is 0 Å². The van der Waals surface area contributed by atoms with Crippen molar-refractivity contribution in [2.24, 2.45) is 0 Å². The summed E-state index contributed by atoms with van der Waals surface area (Å²) in [6.07, 6.45) is 2.64. The molecule has 2 atom stereocenters. The molecule has 0 aromatic heterocycles. The molecule has 5 heteroatoms. The summed E-state index contributed by atoms with van der Waals surface area (Å²) in [7, 11) is 0. The number of alkyl halides is 1. The summed E-state index contributed by atoms with van der Waals surface area (Å²) in [4.78, 5) is 14.6. The minimum Gasteiger partial charge on any atom is -0.373 e. The fourth-order valence-corrected chi connectivity index (χ4v) is 3.44. The summed E-state index contributed by atoms with van der Waals surface area (Å²) in [5.74, 6) is -0.0248. The van der Waals surface area contributed by atoms with E-state index in [-0.39, 0.29) is 12.0 Å². The number of nitrogens with zero attached hydrogens (tertiary/aromatic N) is 1. The second kappa shape index (κ2) is 6.90. The van der Waals surface area contributed by atoms with Gasteiger partial charge in [0.05, 0.1) is 12.7 Å². The Morgan fingerprint density at radius 2 is 2.19 bits per heavy atom. The van der Waals surface area contributed by atoms with Crippen LogP contribution < -0.4 is 5.32 Å². The first kappa shape index (κ1) is 15.0. The zero-order valence-corrected chi connectivity index (χ0v) is 13.6. The molecule has 1 amide bonds. The van der Waals surface area contributed by atoms with E-state index >= 15 is 0 Å². The van der Waals surface area contributed by atoms with Crippen LogP contribution in [0.2, 0.25) is 0 Å². The van der Waals surface area contributed by atoms with Crippen LogP contribution in [0.4, 0.5) is 0 Å². The van der Waals surface area contributed by atoms with Gasteiger partial charge in [-0.3, -0.25) is 9.69 Å². The molecule has 2 aliphatic rings. The highest BCUT2D eigenvalue weighted by atomic mass is 79.9. The average molecular weight is 353 g/mol. The summed E-state index contributed by atoms with van der Waals surface area (Å²) in [5.41, 5.74) is 1.87. The fraction of sp³-hybridized carbons (Fsp3) is 0.562. The van der Waals surface area contributed by atoms with Crippen LogP contribution in [0.15, 0.2) is 24.3 Å². The lowest BCUT2D eigenvalue weighted by atomic mass is 10.1. The number of halogens is 1. The maximum Gasteiger partial charge on any atom is 0.251 e. The van der Waals surface area contributed by atoms with Gasteiger partial charge in [0.25, 0.3) is 5.91 Å². The standard InChI is InChI=1S/C16H21BrN2O2/c17-8-12-3-5-13(6-4-12)16(20)18-9-15-10-19-7-1-2-14(19)11-21-15/h3-6,14-15H,1-2,7-11H2,(H,18,20). The maximum absolute atomic E-state index is 12.1. The van der Waals surface area contributed by atoms with Gasteiger partial charge in [0, 0.05) is 30.0 Å². The molecule has 1 aromatic carbocycles. The molecule has 2 aliphatic heterocycles. The molecule has 2 unspecified atom stereocenters. The van der Waals surface area contributed by atoms with Crippen LogP contribution in [0.25, 0.3) is 0 Å². The second-order valence-corrected chi connectivity index (χ2v) is 6.35. The molecule has 2 saturated heterocycles. The highest BCUT2D eigenvalue weighted by Gasteiger charge is 2.32. The van der Waals surface area contributed by atoms with E-state index < -0.39 is 0 Å². The van der Waals surface area contributed by atoms with Crippen LogP contribution >= 0.6 is 15.9 Å². The van der Waals surface area contributed by atoms with Gasteiger partial charge in [0.2, 0.25) is 0 Å². The number of hydrogen-bond acceptors (Lipinski definition) is 3. The van der Waals surface area contributed by atoms with Crippen molar-refractivity contribution >= 4 is 21.8 Å². The Kier molecular flexibility index (Phi) is 4.93. The summed E-state index contributed by atoms with van der Waals surface area (Å²) in [6, 6.07) is 8.27. The van der Waals surface area contributed by atoms with E-state index in [1.54, 1.807) is 0 Å². The molecule has 21 heavy (non-hydrogen) atoms. The zero-order chi connectivity index (χ0) is 14.7. The van der Waals surface area contributed by atoms with Gasteiger partial charge in [-0.25, -0.2) is 0 Å². The second-order valence-electron chi connectivity index (χ2n) is 5.79. The molecule has 2 fully saturated rings. The molecule has 1 N–H and O–H groups in total. The fourth-order valence-electron chi connectivity index (χ4n) is 3.06. The Bertz CT molecular complexity index is 492. The summed E-state index contributed by atoms with van der Waals surface area (Å²) < 4.78 is 5.85. The molecule has 1 aromatic rings. The third-order valence-corrected chi connectivity index (χ3v) is 4.97. The molecular weight excluding hydrogens is 332 g/mol. The number of carbonyl (C=O) groups excluding carboxylic acids is 1. The monoisotopic (exact) mass is 352 g/mol. The lowest BCUT2D eigenvalue weighted by molar-refractivity contribution is -0.0461. The number of nitrogens with one attached hydrogen (secondary N) is 1. The van der Waals surface area contributed by atoms with E-state index in [2.05, 4.69) is 26.1 Å². The average Bonchev–Trinajstić information content (AvgIpc) is 3.00. The van der Waals surface area contributed by atoms with E-state index in [1.807, 2.05) is 24.3 Å². The van der Waals surface area contributed by atoms with E-state index in [0.717, 1.165) is 18.5 Å². The Labute approximate surface area is 134 Å². The number of rotatable bonds is 4. The molecule has 114 valence electrons. The first-order chi connectivity index (χ1) is 10.3. The molecule has 3 rings (SSSR count). The van der Waals surface area contributed by atoms with E-state index in [0.29, 0.717) is 18.2 Å². The zero-order valence-electron chi connectivity index (χ0n) is 12.1. The van der Waals surface area contributed by atoms with Crippen molar-refractivity contribution in [3.05, 3.63) is 35.4 Å². The first-order valence-corrected chi connectivity index (χ1v) is 8.67. The lowest BCUT2D eigenvalue weighted by Gasteiger charge is -2.35. The number of morpholine rings is 1. The predicted molar refractivity (Wildman–Crippen MR) is 85.7 cm³/mol. The van der Waals surface area contributed by atoms with Gasteiger partial charge in [0.1, 0.15) is 0 Å². The Morgan fingerprint density at radius 3 is 2.95 bits per heavy atom. The predicted octanol–water partition coefficient (Wildman–Crippen LogP) is 2.17. The van der Waals surface area contributed by atoms with E-state index in [4.69, 9.17) is 4.74 Å². The number of benzene rings is 1. The van der Waals surface area contributed by atoms with Crippen molar-refractivity contribution in [3.63, 3.8) is 0 Å². The van der Waals surface area contributed by atoms with Crippen molar-refractivity contribution in [1.29, 1.82) is 0 Å². The van der Waals surface area contributed by atoms with Crippen molar-refractivity contribution < 1.29 is 9.53 Å². The maximum atomic E-state index is 12.1. The van der Waals surface area contributed by atoms with Crippen molar-refractivity contribution in [1.82, 2.24) is 10.2 Å². The number of amides is 1. The normalized spacial score (nSPS) is 25.6. The lowest BCUT2D eigenvalue weighted by Crippen LogP contribution is -2.50. The van der Waals surface area contributed by atoms with Crippen molar-refractivity contribution in [2.75, 3.05) is 26.2 Å². The van der Waals surface area contributed by atoms with Crippen LogP contribution in [0.5, 0.6) is 0 Å². The van der Waals surface area contributed by atoms with Gasteiger partial charge >= 0.3 is 0 Å². The van der Waals surface area contributed by atoms with Crippen LogP contribution in [-0.2, 0) is 10.1 Å². The molecular formula is C16H21BrN2O2. The van der Waals surface area contributed by atoms with Crippen LogP contribution in [-0.4, -0.2) is 49.2 Å². The molecule has 0 spiro atoms. The van der Waals surface area contributed by atoms with E-state index in [9.17, 15) is 4.79 Å². The van der Waals surface area contributed by atoms with Crippen molar-refractivity contribution in [2.45, 2.75) is 30.3 Å². The highest BCUT2D eigenvalue weighted by molar-refractivity contribution is 9.08. The molecule has 0 saturated carbocycles. The van der Waals surface area contributed by atoms with Gasteiger partial charge in [-0.05, 0) is 37.1 Å². The number of ether oxygens (including phenoxy) is 1. The third-order valence-electron chi connectivity index (χ3n) is 4.32. The van der Waals surface area contributed by atoms with Gasteiger partial charge < -0.3 is 10.1 Å².